The molecule has 1 aromatic heterocycles. The number of benzene rings is 1. The Kier molecular flexibility index (Phi) is 4.69. The number of fused-ring (bicyclic) bond motifs is 1. The number of carbonyl (C=O) groups is 1. The number of aromatic nitrogens is 3. The molecule has 2 aliphatic rings. The number of carbonyl (C=O) groups excluding carboxylic acids is 1. The lowest BCUT2D eigenvalue weighted by Crippen LogP contribution is -2.52. The van der Waals surface area contributed by atoms with E-state index in [-0.39, 0.29) is 36.3 Å². The summed E-state index contributed by atoms with van der Waals surface area (Å²) >= 11 is 0. The van der Waals surface area contributed by atoms with Gasteiger partial charge in [-0.3, -0.25) is 14.4 Å². The lowest BCUT2D eigenvalue weighted by atomic mass is 10.1. The highest BCUT2D eigenvalue weighted by atomic mass is 19.1. The molecule has 0 saturated carbocycles. The first-order valence-corrected chi connectivity index (χ1v) is 8.84. The van der Waals surface area contributed by atoms with E-state index in [9.17, 15) is 9.18 Å². The van der Waals surface area contributed by atoms with Crippen LogP contribution in [0.5, 0.6) is 0 Å². The van der Waals surface area contributed by atoms with Crippen LogP contribution in [0.2, 0.25) is 0 Å². The second-order valence-electron chi connectivity index (χ2n) is 6.90. The number of aryl methyl sites for hydroxylation is 1. The second kappa shape index (κ2) is 7.13. The summed E-state index contributed by atoms with van der Waals surface area (Å²) in [6.07, 6.45) is 2.43. The molecule has 2 atom stereocenters. The van der Waals surface area contributed by atoms with Crippen LogP contribution in [0.1, 0.15) is 22.6 Å². The zero-order chi connectivity index (χ0) is 18.1. The zero-order valence-electron chi connectivity index (χ0n) is 14.7. The van der Waals surface area contributed by atoms with Crippen LogP contribution in [0.4, 0.5) is 4.39 Å². The Bertz CT molecular complexity index is 795. The van der Waals surface area contributed by atoms with Crippen LogP contribution in [0.15, 0.2) is 30.6 Å². The number of piperazine rings is 1. The first-order valence-electron chi connectivity index (χ1n) is 8.84. The van der Waals surface area contributed by atoms with Gasteiger partial charge in [0.2, 0.25) is 5.82 Å². The fourth-order valence-electron chi connectivity index (χ4n) is 3.70. The van der Waals surface area contributed by atoms with Gasteiger partial charge in [-0.25, -0.2) is 9.37 Å². The average molecular weight is 359 g/mol. The Morgan fingerprint density at radius 2 is 2.15 bits per heavy atom. The summed E-state index contributed by atoms with van der Waals surface area (Å²) in [6, 6.07) is 6.96. The summed E-state index contributed by atoms with van der Waals surface area (Å²) < 4.78 is 21.2. The van der Waals surface area contributed by atoms with Crippen LogP contribution in [-0.4, -0.2) is 68.8 Å². The molecule has 2 aromatic rings. The van der Waals surface area contributed by atoms with Gasteiger partial charge in [-0.2, -0.15) is 0 Å². The second-order valence-corrected chi connectivity index (χ2v) is 6.90. The van der Waals surface area contributed by atoms with E-state index in [1.807, 2.05) is 11.0 Å². The van der Waals surface area contributed by atoms with Crippen molar-refractivity contribution in [3.8, 4) is 0 Å². The largest absolute Gasteiger partial charge is 0.372 e. The van der Waals surface area contributed by atoms with Crippen molar-refractivity contribution in [1.82, 2.24) is 24.6 Å². The minimum Gasteiger partial charge on any atom is -0.372 e. The SMILES string of the molecule is Cn1cnc(C(=O)N2CCN3C[C@H](OCc4ccccc4F)C[C@@H]3C2)n1. The number of nitrogens with zero attached hydrogens (tertiary/aromatic N) is 5. The van der Waals surface area contributed by atoms with Crippen LogP contribution in [0, 0.1) is 5.82 Å². The fraction of sp³-hybridized carbons (Fsp3) is 0.500. The van der Waals surface area contributed by atoms with E-state index in [0.717, 1.165) is 19.5 Å². The quantitative estimate of drug-likeness (QED) is 0.817. The minimum atomic E-state index is -0.233. The molecule has 0 aliphatic carbocycles. The number of ether oxygens (including phenoxy) is 1. The van der Waals surface area contributed by atoms with Crippen molar-refractivity contribution in [3.05, 3.63) is 47.8 Å². The van der Waals surface area contributed by atoms with Crippen molar-refractivity contribution in [2.45, 2.75) is 25.2 Å². The predicted octanol–water partition coefficient (Wildman–Crippen LogP) is 1.07. The highest BCUT2D eigenvalue weighted by Crippen LogP contribution is 2.25. The molecule has 138 valence electrons. The molecule has 0 N–H and O–H groups in total. The van der Waals surface area contributed by atoms with Gasteiger partial charge in [0.1, 0.15) is 12.1 Å². The average Bonchev–Trinajstić information content (AvgIpc) is 3.25. The Morgan fingerprint density at radius 3 is 2.92 bits per heavy atom. The van der Waals surface area contributed by atoms with Crippen LogP contribution in [0.3, 0.4) is 0 Å². The molecule has 2 fully saturated rings. The van der Waals surface area contributed by atoms with Crippen molar-refractivity contribution in [2.75, 3.05) is 26.2 Å². The van der Waals surface area contributed by atoms with E-state index in [1.54, 1.807) is 19.2 Å². The van der Waals surface area contributed by atoms with Gasteiger partial charge in [-0.05, 0) is 12.5 Å². The maximum atomic E-state index is 13.7. The van der Waals surface area contributed by atoms with E-state index in [1.165, 1.54) is 17.1 Å². The Hall–Kier alpha value is -2.32. The molecule has 2 saturated heterocycles. The summed E-state index contributed by atoms with van der Waals surface area (Å²) in [5.74, 6) is -0.116. The lowest BCUT2D eigenvalue weighted by Gasteiger charge is -2.36. The smallest absolute Gasteiger partial charge is 0.293 e. The van der Waals surface area contributed by atoms with Gasteiger partial charge >= 0.3 is 0 Å². The highest BCUT2D eigenvalue weighted by Gasteiger charge is 2.38. The van der Waals surface area contributed by atoms with Gasteiger partial charge < -0.3 is 9.64 Å². The Morgan fingerprint density at radius 1 is 1.31 bits per heavy atom. The summed E-state index contributed by atoms with van der Waals surface area (Å²) in [4.78, 5) is 20.7. The van der Waals surface area contributed by atoms with Gasteiger partial charge in [0.15, 0.2) is 0 Å². The van der Waals surface area contributed by atoms with E-state index < -0.39 is 0 Å². The predicted molar refractivity (Wildman–Crippen MR) is 91.9 cm³/mol. The number of halogens is 1. The molecule has 0 radical (unpaired) electrons. The molecule has 7 nitrogen and oxygen atoms in total. The van der Waals surface area contributed by atoms with E-state index in [0.29, 0.717) is 18.7 Å². The maximum Gasteiger partial charge on any atom is 0.293 e. The lowest BCUT2D eigenvalue weighted by molar-refractivity contribution is 0.0437. The third kappa shape index (κ3) is 3.47. The summed E-state index contributed by atoms with van der Waals surface area (Å²) in [5.41, 5.74) is 0.579. The first kappa shape index (κ1) is 17.1. The van der Waals surface area contributed by atoms with Crippen LogP contribution >= 0.6 is 0 Å². The highest BCUT2D eigenvalue weighted by molar-refractivity contribution is 5.90. The molecule has 1 amide bonds. The topological polar surface area (TPSA) is 63.5 Å². The van der Waals surface area contributed by atoms with Crippen LogP contribution in [0.25, 0.3) is 0 Å². The summed E-state index contributed by atoms with van der Waals surface area (Å²) in [7, 11) is 1.75. The Balaban J connectivity index is 1.33. The molecular formula is C18H22FN5O2. The van der Waals surface area contributed by atoms with E-state index >= 15 is 0 Å². The van der Waals surface area contributed by atoms with Crippen molar-refractivity contribution in [3.63, 3.8) is 0 Å². The molecule has 1 aromatic carbocycles. The van der Waals surface area contributed by atoms with Gasteiger partial charge in [0.05, 0.1) is 12.7 Å². The molecule has 0 bridgehead atoms. The van der Waals surface area contributed by atoms with Gasteiger partial charge in [0, 0.05) is 44.8 Å². The molecule has 2 aliphatic heterocycles. The number of hydrogen-bond acceptors (Lipinski definition) is 5. The molecule has 3 heterocycles. The van der Waals surface area contributed by atoms with Gasteiger partial charge in [0.25, 0.3) is 5.91 Å². The minimum absolute atomic E-state index is 0.0580. The van der Waals surface area contributed by atoms with Gasteiger partial charge in [-0.15, -0.1) is 5.10 Å². The number of amides is 1. The maximum absolute atomic E-state index is 13.7. The van der Waals surface area contributed by atoms with E-state index in [2.05, 4.69) is 15.0 Å². The first-order chi connectivity index (χ1) is 12.6. The molecule has 0 unspecified atom stereocenters. The molecule has 4 rings (SSSR count). The van der Waals surface area contributed by atoms with Crippen LogP contribution < -0.4 is 0 Å². The monoisotopic (exact) mass is 359 g/mol. The molecule has 0 spiro atoms. The summed E-state index contributed by atoms with van der Waals surface area (Å²) in [5, 5.41) is 4.10. The number of hydrogen-bond donors (Lipinski definition) is 0. The van der Waals surface area contributed by atoms with Crippen LogP contribution in [-0.2, 0) is 18.4 Å². The molecule has 8 heteroatoms. The summed E-state index contributed by atoms with van der Waals surface area (Å²) in [6.45, 7) is 3.22. The van der Waals surface area contributed by atoms with Crippen molar-refractivity contribution < 1.29 is 13.9 Å². The third-order valence-electron chi connectivity index (χ3n) is 5.09. The normalized spacial score (nSPS) is 23.2. The fourth-order valence-corrected chi connectivity index (χ4v) is 3.70. The van der Waals surface area contributed by atoms with Crippen molar-refractivity contribution in [1.29, 1.82) is 0 Å². The van der Waals surface area contributed by atoms with Crippen molar-refractivity contribution in [2.24, 2.45) is 7.05 Å². The van der Waals surface area contributed by atoms with Crippen molar-refractivity contribution >= 4 is 5.91 Å². The zero-order valence-corrected chi connectivity index (χ0v) is 14.7. The standard InChI is InChI=1S/C18H22FN5O2/c1-22-12-20-17(21-22)18(25)24-7-6-23-10-15(8-14(23)9-24)26-11-13-4-2-3-5-16(13)19/h2-5,12,14-15H,6-11H2,1H3/t14-,15-/m1/s1. The van der Waals surface area contributed by atoms with E-state index in [4.69, 9.17) is 4.74 Å². The number of rotatable bonds is 4. The third-order valence-corrected chi connectivity index (χ3v) is 5.09. The molecular weight excluding hydrogens is 337 g/mol. The van der Waals surface area contributed by atoms with Gasteiger partial charge in [-0.1, -0.05) is 18.2 Å². The molecule has 26 heavy (non-hydrogen) atoms. The Labute approximate surface area is 151 Å².